The second-order valence-electron chi connectivity index (χ2n) is 4.63. The molecule has 2 fully saturated rings. The first-order valence-corrected chi connectivity index (χ1v) is 5.99. The molecule has 3 atom stereocenters. The van der Waals surface area contributed by atoms with Crippen molar-refractivity contribution in [2.24, 2.45) is 0 Å². The second kappa shape index (κ2) is 5.12. The van der Waals surface area contributed by atoms with Crippen LogP contribution in [-0.4, -0.2) is 60.4 Å². The Balaban J connectivity index is 1.82. The summed E-state index contributed by atoms with van der Waals surface area (Å²) in [5, 5.41) is 12.7. The van der Waals surface area contributed by atoms with E-state index in [2.05, 4.69) is 5.32 Å². The summed E-state index contributed by atoms with van der Waals surface area (Å²) < 4.78 is 5.14. The summed E-state index contributed by atoms with van der Waals surface area (Å²) >= 11 is 0. The van der Waals surface area contributed by atoms with Gasteiger partial charge in [0.25, 0.3) is 0 Å². The first-order chi connectivity index (χ1) is 7.68. The number of likely N-dealkylation sites (tertiary alicyclic amines) is 1. The predicted molar refractivity (Wildman–Crippen MR) is 59.0 cm³/mol. The van der Waals surface area contributed by atoms with Crippen molar-refractivity contribution in [3.63, 3.8) is 0 Å². The SMILES string of the molecule is CC(NC1COCC1O)C(=O)N1CCCC1. The summed E-state index contributed by atoms with van der Waals surface area (Å²) in [6.07, 6.45) is 1.72. The average molecular weight is 228 g/mol. The van der Waals surface area contributed by atoms with Crippen molar-refractivity contribution in [1.29, 1.82) is 0 Å². The van der Waals surface area contributed by atoms with Crippen LogP contribution in [0.25, 0.3) is 0 Å². The molecule has 2 rings (SSSR count). The molecular weight excluding hydrogens is 208 g/mol. The highest BCUT2D eigenvalue weighted by molar-refractivity contribution is 5.81. The Morgan fingerprint density at radius 3 is 2.69 bits per heavy atom. The van der Waals surface area contributed by atoms with E-state index in [0.717, 1.165) is 25.9 Å². The van der Waals surface area contributed by atoms with Crippen LogP contribution >= 0.6 is 0 Å². The molecule has 0 aromatic carbocycles. The van der Waals surface area contributed by atoms with E-state index in [1.54, 1.807) is 0 Å². The van der Waals surface area contributed by atoms with E-state index in [1.165, 1.54) is 0 Å². The van der Waals surface area contributed by atoms with E-state index in [1.807, 2.05) is 11.8 Å². The Labute approximate surface area is 95.8 Å². The maximum atomic E-state index is 12.0. The number of nitrogens with zero attached hydrogens (tertiary/aromatic N) is 1. The monoisotopic (exact) mass is 228 g/mol. The second-order valence-corrected chi connectivity index (χ2v) is 4.63. The van der Waals surface area contributed by atoms with E-state index in [9.17, 15) is 9.90 Å². The lowest BCUT2D eigenvalue weighted by atomic mass is 10.2. The van der Waals surface area contributed by atoms with E-state index in [-0.39, 0.29) is 18.0 Å². The highest BCUT2D eigenvalue weighted by atomic mass is 16.5. The number of ether oxygens (including phenoxy) is 1. The van der Waals surface area contributed by atoms with Gasteiger partial charge in [0.2, 0.25) is 5.91 Å². The minimum Gasteiger partial charge on any atom is -0.389 e. The molecule has 2 aliphatic rings. The zero-order valence-electron chi connectivity index (χ0n) is 9.69. The molecule has 0 radical (unpaired) electrons. The number of rotatable bonds is 3. The zero-order valence-corrected chi connectivity index (χ0v) is 9.69. The highest BCUT2D eigenvalue weighted by Gasteiger charge is 2.30. The molecule has 0 aromatic heterocycles. The number of hydrogen-bond donors (Lipinski definition) is 2. The Bertz CT molecular complexity index is 254. The van der Waals surface area contributed by atoms with Crippen molar-refractivity contribution in [3.05, 3.63) is 0 Å². The van der Waals surface area contributed by atoms with Gasteiger partial charge in [-0.25, -0.2) is 0 Å². The summed E-state index contributed by atoms with van der Waals surface area (Å²) in [6, 6.07) is -0.346. The van der Waals surface area contributed by atoms with Crippen LogP contribution in [0.1, 0.15) is 19.8 Å². The number of nitrogens with one attached hydrogen (secondary N) is 1. The Morgan fingerprint density at radius 2 is 2.12 bits per heavy atom. The molecule has 0 aromatic rings. The number of aliphatic hydroxyl groups excluding tert-OH is 1. The van der Waals surface area contributed by atoms with Gasteiger partial charge in [-0.15, -0.1) is 0 Å². The minimum absolute atomic E-state index is 0.110. The maximum absolute atomic E-state index is 12.0. The van der Waals surface area contributed by atoms with Gasteiger partial charge in [-0.05, 0) is 19.8 Å². The Kier molecular flexibility index (Phi) is 3.78. The van der Waals surface area contributed by atoms with Crippen molar-refractivity contribution >= 4 is 5.91 Å². The van der Waals surface area contributed by atoms with Crippen molar-refractivity contribution in [2.75, 3.05) is 26.3 Å². The lowest BCUT2D eigenvalue weighted by Crippen LogP contribution is -2.51. The van der Waals surface area contributed by atoms with Crippen molar-refractivity contribution in [1.82, 2.24) is 10.2 Å². The van der Waals surface area contributed by atoms with Crippen LogP contribution in [0.4, 0.5) is 0 Å². The molecule has 92 valence electrons. The number of carbonyl (C=O) groups excluding carboxylic acids is 1. The zero-order chi connectivity index (χ0) is 11.5. The fourth-order valence-corrected chi connectivity index (χ4v) is 2.31. The Morgan fingerprint density at radius 1 is 1.44 bits per heavy atom. The summed E-state index contributed by atoms with van der Waals surface area (Å²) in [7, 11) is 0. The number of aliphatic hydroxyl groups is 1. The molecule has 2 saturated heterocycles. The molecule has 0 aliphatic carbocycles. The van der Waals surface area contributed by atoms with Crippen molar-refractivity contribution in [3.8, 4) is 0 Å². The molecule has 16 heavy (non-hydrogen) atoms. The fraction of sp³-hybridized carbons (Fsp3) is 0.909. The van der Waals surface area contributed by atoms with Crippen LogP contribution in [0.5, 0.6) is 0 Å². The van der Waals surface area contributed by atoms with Crippen LogP contribution < -0.4 is 5.32 Å². The highest BCUT2D eigenvalue weighted by Crippen LogP contribution is 2.11. The maximum Gasteiger partial charge on any atom is 0.239 e. The van der Waals surface area contributed by atoms with E-state index in [4.69, 9.17) is 4.74 Å². The molecule has 1 amide bonds. The van der Waals surface area contributed by atoms with Gasteiger partial charge in [-0.3, -0.25) is 10.1 Å². The number of amides is 1. The standard InChI is InChI=1S/C11H20N2O3/c1-8(11(15)13-4-2-3-5-13)12-9-6-16-7-10(9)14/h8-10,12,14H,2-7H2,1H3. The lowest BCUT2D eigenvalue weighted by molar-refractivity contribution is -0.132. The molecule has 0 saturated carbocycles. The summed E-state index contributed by atoms with van der Waals surface area (Å²) in [4.78, 5) is 13.9. The van der Waals surface area contributed by atoms with Gasteiger partial charge in [0.05, 0.1) is 31.4 Å². The van der Waals surface area contributed by atoms with Gasteiger partial charge in [0, 0.05) is 13.1 Å². The molecule has 5 nitrogen and oxygen atoms in total. The van der Waals surface area contributed by atoms with Crippen molar-refractivity contribution < 1.29 is 14.6 Å². The molecule has 2 N–H and O–H groups in total. The molecule has 5 heteroatoms. The van der Waals surface area contributed by atoms with E-state index >= 15 is 0 Å². The Hall–Kier alpha value is -0.650. The van der Waals surface area contributed by atoms with Crippen LogP contribution in [-0.2, 0) is 9.53 Å². The third-order valence-corrected chi connectivity index (χ3v) is 3.30. The number of carbonyl (C=O) groups is 1. The van der Waals surface area contributed by atoms with Crippen LogP contribution in [0, 0.1) is 0 Å². The van der Waals surface area contributed by atoms with Gasteiger partial charge in [0.15, 0.2) is 0 Å². The molecule has 3 unspecified atom stereocenters. The van der Waals surface area contributed by atoms with Gasteiger partial charge >= 0.3 is 0 Å². The predicted octanol–water partition coefficient (Wildman–Crippen LogP) is -0.653. The largest absolute Gasteiger partial charge is 0.389 e. The molecular formula is C11H20N2O3. The summed E-state index contributed by atoms with van der Waals surface area (Å²) in [5.74, 6) is 0.136. The van der Waals surface area contributed by atoms with Crippen LogP contribution in [0.2, 0.25) is 0 Å². The first-order valence-electron chi connectivity index (χ1n) is 5.99. The van der Waals surface area contributed by atoms with Crippen LogP contribution in [0.3, 0.4) is 0 Å². The third-order valence-electron chi connectivity index (χ3n) is 3.30. The topological polar surface area (TPSA) is 61.8 Å². The van der Waals surface area contributed by atoms with Gasteiger partial charge < -0.3 is 14.7 Å². The van der Waals surface area contributed by atoms with E-state index in [0.29, 0.717) is 13.2 Å². The van der Waals surface area contributed by atoms with Gasteiger partial charge in [0.1, 0.15) is 0 Å². The fourth-order valence-electron chi connectivity index (χ4n) is 2.31. The summed E-state index contributed by atoms with van der Waals surface area (Å²) in [6.45, 7) is 4.44. The van der Waals surface area contributed by atoms with Gasteiger partial charge in [-0.2, -0.15) is 0 Å². The smallest absolute Gasteiger partial charge is 0.239 e. The first kappa shape index (κ1) is 11.8. The normalized spacial score (nSPS) is 32.0. The van der Waals surface area contributed by atoms with Crippen molar-refractivity contribution in [2.45, 2.75) is 38.0 Å². The average Bonchev–Trinajstić information content (AvgIpc) is 2.89. The van der Waals surface area contributed by atoms with Crippen LogP contribution in [0.15, 0.2) is 0 Å². The molecule has 0 bridgehead atoms. The van der Waals surface area contributed by atoms with E-state index < -0.39 is 6.10 Å². The number of hydrogen-bond acceptors (Lipinski definition) is 4. The molecule has 2 heterocycles. The minimum atomic E-state index is -0.492. The molecule has 2 aliphatic heterocycles. The van der Waals surface area contributed by atoms with Gasteiger partial charge in [-0.1, -0.05) is 0 Å². The lowest BCUT2D eigenvalue weighted by Gasteiger charge is -2.24. The summed E-state index contributed by atoms with van der Waals surface area (Å²) in [5.41, 5.74) is 0. The third kappa shape index (κ3) is 2.53. The molecule has 0 spiro atoms. The quantitative estimate of drug-likeness (QED) is 0.673.